The Morgan fingerprint density at radius 3 is 2.07 bits per heavy atom. The molecule has 0 spiro atoms. The number of hydrogen-bond donors (Lipinski definition) is 3. The van der Waals surface area contributed by atoms with Crippen LogP contribution in [-0.4, -0.2) is 29.8 Å². The summed E-state index contributed by atoms with van der Waals surface area (Å²) < 4.78 is 0. The zero-order chi connectivity index (χ0) is 21.5. The molecule has 6 nitrogen and oxygen atoms in total. The van der Waals surface area contributed by atoms with E-state index in [-0.39, 0.29) is 12.3 Å². The summed E-state index contributed by atoms with van der Waals surface area (Å²) in [7, 11) is 0. The molecular formula is C24H25N3O3. The van der Waals surface area contributed by atoms with Gasteiger partial charge in [-0.05, 0) is 21.9 Å². The molecule has 30 heavy (non-hydrogen) atoms. The summed E-state index contributed by atoms with van der Waals surface area (Å²) in [6, 6.07) is 21.5. The molecule has 3 rings (SSSR count). The minimum atomic E-state index is -0.884. The van der Waals surface area contributed by atoms with Crippen molar-refractivity contribution in [1.82, 2.24) is 10.6 Å². The maximum atomic E-state index is 12.9. The van der Waals surface area contributed by atoms with Gasteiger partial charge in [-0.25, -0.2) is 0 Å². The number of nitrogens with two attached hydrogens (primary N) is 1. The molecule has 2 atom stereocenters. The highest BCUT2D eigenvalue weighted by Gasteiger charge is 2.25. The highest BCUT2D eigenvalue weighted by molar-refractivity contribution is 5.91. The van der Waals surface area contributed by atoms with Crippen LogP contribution in [0.1, 0.15) is 18.1 Å². The van der Waals surface area contributed by atoms with Crippen molar-refractivity contribution >= 4 is 28.5 Å². The topological polar surface area (TPSA) is 101 Å². The highest BCUT2D eigenvalue weighted by atomic mass is 16.2. The first kappa shape index (κ1) is 21.0. The van der Waals surface area contributed by atoms with E-state index in [1.54, 1.807) is 0 Å². The third-order valence-electron chi connectivity index (χ3n) is 4.89. The fourth-order valence-electron chi connectivity index (χ4n) is 3.40. The fraction of sp³-hybridized carbons (Fsp3) is 0.208. The first-order valence-electron chi connectivity index (χ1n) is 9.81. The number of fused-ring (bicyclic) bond motifs is 1. The van der Waals surface area contributed by atoms with E-state index in [9.17, 15) is 14.4 Å². The fourth-order valence-corrected chi connectivity index (χ4v) is 3.40. The Hall–Kier alpha value is -3.67. The van der Waals surface area contributed by atoms with Crippen LogP contribution >= 0.6 is 0 Å². The van der Waals surface area contributed by atoms with Gasteiger partial charge in [0.1, 0.15) is 12.1 Å². The quantitative estimate of drug-likeness (QED) is 0.537. The van der Waals surface area contributed by atoms with Gasteiger partial charge in [-0.2, -0.15) is 0 Å². The second-order valence-corrected chi connectivity index (χ2v) is 7.29. The Balaban J connectivity index is 1.74. The van der Waals surface area contributed by atoms with Gasteiger partial charge in [-0.1, -0.05) is 72.8 Å². The van der Waals surface area contributed by atoms with Gasteiger partial charge in [0.2, 0.25) is 17.7 Å². The third kappa shape index (κ3) is 5.67. The molecule has 3 aromatic rings. The number of hydrogen-bond acceptors (Lipinski definition) is 3. The average Bonchev–Trinajstić information content (AvgIpc) is 2.73. The smallest absolute Gasteiger partial charge is 0.243 e. The van der Waals surface area contributed by atoms with Gasteiger partial charge in [-0.15, -0.1) is 0 Å². The minimum absolute atomic E-state index is 0.268. The Kier molecular flexibility index (Phi) is 6.80. The van der Waals surface area contributed by atoms with Crippen LogP contribution in [0.4, 0.5) is 0 Å². The average molecular weight is 403 g/mol. The Morgan fingerprint density at radius 2 is 1.40 bits per heavy atom. The van der Waals surface area contributed by atoms with Crippen LogP contribution in [0, 0.1) is 0 Å². The van der Waals surface area contributed by atoms with E-state index in [1.165, 1.54) is 6.92 Å². The van der Waals surface area contributed by atoms with E-state index in [0.29, 0.717) is 6.42 Å². The van der Waals surface area contributed by atoms with Crippen molar-refractivity contribution in [3.05, 3.63) is 83.9 Å². The molecule has 0 aliphatic heterocycles. The van der Waals surface area contributed by atoms with Gasteiger partial charge in [0.05, 0.1) is 0 Å². The second kappa shape index (κ2) is 9.69. The lowest BCUT2D eigenvalue weighted by Gasteiger charge is -2.22. The van der Waals surface area contributed by atoms with E-state index in [2.05, 4.69) is 10.6 Å². The largest absolute Gasteiger partial charge is 0.368 e. The first-order valence-corrected chi connectivity index (χ1v) is 9.81. The minimum Gasteiger partial charge on any atom is -0.368 e. The van der Waals surface area contributed by atoms with Gasteiger partial charge in [0.15, 0.2) is 0 Å². The zero-order valence-corrected chi connectivity index (χ0v) is 16.8. The van der Waals surface area contributed by atoms with Crippen LogP contribution in [0.5, 0.6) is 0 Å². The van der Waals surface area contributed by atoms with Crippen molar-refractivity contribution in [2.45, 2.75) is 31.8 Å². The molecule has 154 valence electrons. The molecule has 4 N–H and O–H groups in total. The maximum absolute atomic E-state index is 12.9. The number of rotatable bonds is 8. The molecule has 3 aromatic carbocycles. The summed E-state index contributed by atoms with van der Waals surface area (Å²) in [6.07, 6.45) is 0.581. The summed E-state index contributed by atoms with van der Waals surface area (Å²) in [5.41, 5.74) is 7.34. The van der Waals surface area contributed by atoms with Gasteiger partial charge in [-0.3, -0.25) is 14.4 Å². The molecule has 0 saturated carbocycles. The zero-order valence-electron chi connectivity index (χ0n) is 16.8. The summed E-state index contributed by atoms with van der Waals surface area (Å²) in [5.74, 6) is -1.40. The van der Waals surface area contributed by atoms with Crippen LogP contribution in [0.15, 0.2) is 72.8 Å². The molecular weight excluding hydrogens is 378 g/mol. The van der Waals surface area contributed by atoms with Crippen LogP contribution in [0.25, 0.3) is 10.8 Å². The molecule has 0 saturated heterocycles. The van der Waals surface area contributed by atoms with Crippen molar-refractivity contribution in [3.8, 4) is 0 Å². The van der Waals surface area contributed by atoms with Gasteiger partial charge >= 0.3 is 0 Å². The molecule has 0 heterocycles. The first-order chi connectivity index (χ1) is 14.4. The van der Waals surface area contributed by atoms with Crippen molar-refractivity contribution in [1.29, 1.82) is 0 Å². The molecule has 0 aliphatic rings. The van der Waals surface area contributed by atoms with Crippen molar-refractivity contribution in [3.63, 3.8) is 0 Å². The predicted octanol–water partition coefficient (Wildman–Crippen LogP) is 2.10. The predicted molar refractivity (Wildman–Crippen MR) is 117 cm³/mol. The van der Waals surface area contributed by atoms with E-state index in [1.807, 2.05) is 72.8 Å². The molecule has 0 aliphatic carbocycles. The van der Waals surface area contributed by atoms with E-state index < -0.39 is 23.9 Å². The third-order valence-corrected chi connectivity index (χ3v) is 4.89. The van der Waals surface area contributed by atoms with Crippen LogP contribution in [-0.2, 0) is 27.2 Å². The number of primary amides is 1. The Labute approximate surface area is 175 Å². The van der Waals surface area contributed by atoms with Gasteiger partial charge < -0.3 is 16.4 Å². The van der Waals surface area contributed by atoms with Crippen molar-refractivity contribution in [2.75, 3.05) is 0 Å². The number of carbonyl (C=O) groups excluding carboxylic acids is 3. The van der Waals surface area contributed by atoms with Gasteiger partial charge in [0, 0.05) is 19.8 Å². The summed E-state index contributed by atoms with van der Waals surface area (Å²) in [4.78, 5) is 36.5. The summed E-state index contributed by atoms with van der Waals surface area (Å²) in [5, 5.41) is 7.51. The Morgan fingerprint density at radius 1 is 0.767 bits per heavy atom. The second-order valence-electron chi connectivity index (χ2n) is 7.29. The number of amides is 3. The molecule has 3 amide bonds. The van der Waals surface area contributed by atoms with Crippen LogP contribution in [0.2, 0.25) is 0 Å². The monoisotopic (exact) mass is 403 g/mol. The molecule has 0 aromatic heterocycles. The molecule has 0 unspecified atom stereocenters. The van der Waals surface area contributed by atoms with E-state index >= 15 is 0 Å². The molecule has 0 bridgehead atoms. The summed E-state index contributed by atoms with van der Waals surface area (Å²) in [6.45, 7) is 1.35. The lowest BCUT2D eigenvalue weighted by atomic mass is 10.00. The standard InChI is InChI=1S/C24H25N3O3/c1-16(28)26-22(14-17-7-3-2-4-8-17)24(30)27-21(23(25)29)15-18-11-12-19-9-5-6-10-20(19)13-18/h2-13,21-22H,14-15H2,1H3,(H2,25,29)(H,26,28)(H,27,30)/t21-,22+/m0/s1. The number of benzene rings is 3. The van der Waals surface area contributed by atoms with Gasteiger partial charge in [0.25, 0.3) is 0 Å². The number of carbonyl (C=O) groups is 3. The SMILES string of the molecule is CC(=O)N[C@H](Cc1ccccc1)C(=O)N[C@@H](Cc1ccc2ccccc2c1)C(N)=O. The molecule has 6 heteroatoms. The normalized spacial score (nSPS) is 12.7. The van der Waals surface area contributed by atoms with E-state index in [4.69, 9.17) is 5.73 Å². The number of nitrogens with one attached hydrogen (secondary N) is 2. The van der Waals surface area contributed by atoms with Crippen LogP contribution in [0.3, 0.4) is 0 Å². The van der Waals surface area contributed by atoms with Crippen molar-refractivity contribution < 1.29 is 14.4 Å². The molecule has 0 fully saturated rings. The summed E-state index contributed by atoms with van der Waals surface area (Å²) >= 11 is 0. The lowest BCUT2D eigenvalue weighted by molar-refractivity contribution is -0.130. The van der Waals surface area contributed by atoms with Crippen LogP contribution < -0.4 is 16.4 Å². The Bertz CT molecular complexity index is 1050. The highest BCUT2D eigenvalue weighted by Crippen LogP contribution is 2.17. The lowest BCUT2D eigenvalue weighted by Crippen LogP contribution is -2.54. The van der Waals surface area contributed by atoms with E-state index in [0.717, 1.165) is 21.9 Å². The molecule has 0 radical (unpaired) electrons. The van der Waals surface area contributed by atoms with Crippen molar-refractivity contribution in [2.24, 2.45) is 5.73 Å². The maximum Gasteiger partial charge on any atom is 0.243 e.